The number of anilines is 6. The number of hydrogen-bond acceptors (Lipinski definition) is 2. The van der Waals surface area contributed by atoms with E-state index in [0.29, 0.717) is 16.2 Å². The van der Waals surface area contributed by atoms with E-state index in [0.717, 1.165) is 46.9 Å². The molecule has 364 valence electrons. The van der Waals surface area contributed by atoms with E-state index in [-0.39, 0.29) is 6.85 Å². The lowest BCUT2D eigenvalue weighted by atomic mass is 9.38. The minimum absolute atomic E-state index is 0.0550. The molecule has 4 atom stereocenters. The molecular weight excluding hydrogens is 918 g/mol. The Bertz CT molecular complexity index is 4030. The van der Waals surface area contributed by atoms with E-state index in [1.54, 1.807) is 11.1 Å². The monoisotopic (exact) mass is 975 g/mol. The standard InChI is InChI=1S/C72H58BN3/c1-5-13-44(14-6-1)46-21-27-58(28-22-46)75-66-29-23-47(45-15-7-2-8-16-45)31-64(66)73-68-61(39-59(40-67(68)75)74(56-17-9-3-10-18-56)57-19-11-4-12-20-57)63-38-53(72-49-24-25-50(72)33-52(72)32-49)37-62-60-36-48(26-30-65(60)76(73)69(62)63)70-41-54-34-51-35-55(42-70)71(51,54)43-70/h1-23,26-31,36-40,49-52,54-55H,24-25,32-35,41-43H2. The van der Waals surface area contributed by atoms with Gasteiger partial charge < -0.3 is 14.3 Å². The second-order valence-electron chi connectivity index (χ2n) is 25.4. The average molecular weight is 976 g/mol. The van der Waals surface area contributed by atoms with Crippen LogP contribution in [0.1, 0.15) is 68.9 Å². The van der Waals surface area contributed by atoms with Crippen LogP contribution in [0.5, 0.6) is 0 Å². The fourth-order valence-corrected chi connectivity index (χ4v) is 19.8. The van der Waals surface area contributed by atoms with Crippen molar-refractivity contribution in [1.29, 1.82) is 0 Å². The van der Waals surface area contributed by atoms with Gasteiger partial charge in [-0.3, -0.25) is 0 Å². The van der Waals surface area contributed by atoms with Gasteiger partial charge in [-0.15, -0.1) is 0 Å². The van der Waals surface area contributed by atoms with E-state index in [2.05, 4.69) is 221 Å². The van der Waals surface area contributed by atoms with E-state index in [1.807, 2.05) is 0 Å². The molecule has 1 aromatic heterocycles. The maximum absolute atomic E-state index is 2.86. The number of benzene rings is 9. The number of para-hydroxylation sites is 2. The van der Waals surface area contributed by atoms with Gasteiger partial charge in [0.1, 0.15) is 0 Å². The summed E-state index contributed by atoms with van der Waals surface area (Å²) in [5, 5.41) is 2.98. The van der Waals surface area contributed by atoms with Gasteiger partial charge >= 0.3 is 6.85 Å². The molecule has 3 heterocycles. The Labute approximate surface area is 445 Å². The van der Waals surface area contributed by atoms with Crippen LogP contribution in [0.3, 0.4) is 0 Å². The Hall–Kier alpha value is -7.56. The van der Waals surface area contributed by atoms with Crippen LogP contribution >= 0.6 is 0 Å². The van der Waals surface area contributed by atoms with E-state index >= 15 is 0 Å². The fraction of sp³-hybridized carbons (Fsp3) is 0.250. The number of fused-ring (bicyclic) bond motifs is 8. The molecule has 3 nitrogen and oxygen atoms in total. The zero-order valence-electron chi connectivity index (χ0n) is 42.9. The van der Waals surface area contributed by atoms with Gasteiger partial charge in [-0.05, 0) is 233 Å². The topological polar surface area (TPSA) is 11.4 Å². The van der Waals surface area contributed by atoms with Crippen molar-refractivity contribution in [3.05, 3.63) is 217 Å². The molecule has 1 spiro atoms. The molecule has 7 saturated carbocycles. The zero-order chi connectivity index (χ0) is 49.2. The van der Waals surface area contributed by atoms with E-state index in [9.17, 15) is 0 Å². The summed E-state index contributed by atoms with van der Waals surface area (Å²) >= 11 is 0. The zero-order valence-corrected chi connectivity index (χ0v) is 42.9. The average Bonchev–Trinajstić information content (AvgIpc) is 3.50. The Morgan fingerprint density at radius 3 is 1.70 bits per heavy atom. The molecule has 0 saturated heterocycles. The lowest BCUT2D eigenvalue weighted by Gasteiger charge is -2.66. The van der Waals surface area contributed by atoms with Gasteiger partial charge in [-0.25, -0.2) is 0 Å². The molecular formula is C72H58BN3. The minimum Gasteiger partial charge on any atom is -0.375 e. The molecule has 76 heavy (non-hydrogen) atoms. The first-order chi connectivity index (χ1) is 37.6. The van der Waals surface area contributed by atoms with Gasteiger partial charge in [0, 0.05) is 66.9 Å². The van der Waals surface area contributed by atoms with E-state index in [1.165, 1.54) is 147 Å². The molecule has 0 radical (unpaired) electrons. The summed E-state index contributed by atoms with van der Waals surface area (Å²) in [7, 11) is 0. The third kappa shape index (κ3) is 5.05. The van der Waals surface area contributed by atoms with Gasteiger partial charge in [0.25, 0.3) is 0 Å². The second-order valence-corrected chi connectivity index (χ2v) is 25.4. The molecule has 19 rings (SSSR count). The number of rotatable bonds is 8. The predicted molar refractivity (Wildman–Crippen MR) is 314 cm³/mol. The molecule has 4 heteroatoms. The third-order valence-corrected chi connectivity index (χ3v) is 22.8. The van der Waals surface area contributed by atoms with Gasteiger partial charge in [0.15, 0.2) is 0 Å². The van der Waals surface area contributed by atoms with Gasteiger partial charge in [0.05, 0.1) is 0 Å². The Balaban J connectivity index is 0.925. The molecule has 4 unspecified atom stereocenters. The van der Waals surface area contributed by atoms with Crippen LogP contribution in [0.15, 0.2) is 206 Å². The lowest BCUT2D eigenvalue weighted by molar-refractivity contribution is -0.175. The molecule has 9 aromatic carbocycles. The Morgan fingerprint density at radius 2 is 1.05 bits per heavy atom. The fourth-order valence-electron chi connectivity index (χ4n) is 19.8. The van der Waals surface area contributed by atoms with Crippen molar-refractivity contribution in [2.75, 3.05) is 9.80 Å². The number of hydrogen-bond donors (Lipinski definition) is 0. The number of nitrogens with zero attached hydrogens (tertiary/aromatic N) is 3. The van der Waals surface area contributed by atoms with Gasteiger partial charge in [0.2, 0.25) is 0 Å². The highest BCUT2D eigenvalue weighted by atomic mass is 15.2. The normalized spacial score (nSPS) is 28.7. The van der Waals surface area contributed by atoms with Crippen molar-refractivity contribution in [2.45, 2.75) is 68.6 Å². The molecule has 2 bridgehead atoms. The second kappa shape index (κ2) is 14.5. The summed E-state index contributed by atoms with van der Waals surface area (Å²) in [5.41, 5.74) is 25.1. The summed E-state index contributed by atoms with van der Waals surface area (Å²) in [4.78, 5) is 5.14. The largest absolute Gasteiger partial charge is 0.375 e. The highest BCUT2D eigenvalue weighted by Gasteiger charge is 2.77. The molecule has 9 aliphatic rings. The minimum atomic E-state index is -0.0550. The highest BCUT2D eigenvalue weighted by molar-refractivity contribution is 6.90. The van der Waals surface area contributed by atoms with Crippen molar-refractivity contribution in [2.24, 2.45) is 40.9 Å². The predicted octanol–water partition coefficient (Wildman–Crippen LogP) is 16.8. The molecule has 0 amide bonds. The molecule has 10 aromatic rings. The number of aromatic nitrogens is 1. The van der Waals surface area contributed by atoms with Crippen molar-refractivity contribution in [1.82, 2.24) is 4.48 Å². The molecule has 0 N–H and O–H groups in total. The van der Waals surface area contributed by atoms with Crippen LogP contribution in [0.2, 0.25) is 0 Å². The van der Waals surface area contributed by atoms with Gasteiger partial charge in [-0.2, -0.15) is 0 Å². The van der Waals surface area contributed by atoms with Gasteiger partial charge in [-0.1, -0.05) is 127 Å². The smallest absolute Gasteiger partial charge is 0.333 e. The van der Waals surface area contributed by atoms with Crippen LogP contribution in [0, 0.1) is 40.9 Å². The quantitative estimate of drug-likeness (QED) is 0.141. The van der Waals surface area contributed by atoms with Crippen molar-refractivity contribution in [3.8, 4) is 33.4 Å². The first-order valence-electron chi connectivity index (χ1n) is 28.9. The first kappa shape index (κ1) is 41.7. The maximum Gasteiger partial charge on any atom is 0.333 e. The highest BCUT2D eigenvalue weighted by Crippen LogP contribution is 2.84. The van der Waals surface area contributed by atoms with Crippen LogP contribution < -0.4 is 20.7 Å². The molecule has 7 aliphatic carbocycles. The Kier molecular flexibility index (Phi) is 7.93. The van der Waals surface area contributed by atoms with E-state index in [4.69, 9.17) is 0 Å². The maximum atomic E-state index is 2.86. The summed E-state index contributed by atoms with van der Waals surface area (Å²) in [6, 6.07) is 79.7. The van der Waals surface area contributed by atoms with Crippen LogP contribution in [0.25, 0.3) is 55.2 Å². The van der Waals surface area contributed by atoms with Crippen LogP contribution in [-0.2, 0) is 10.8 Å². The summed E-state index contributed by atoms with van der Waals surface area (Å²) in [6.45, 7) is -0.0550. The molecule has 2 aliphatic heterocycles. The molecule has 7 fully saturated rings. The van der Waals surface area contributed by atoms with Crippen molar-refractivity contribution in [3.63, 3.8) is 0 Å². The summed E-state index contributed by atoms with van der Waals surface area (Å²) < 4.78 is 2.86. The SMILES string of the molecule is c1ccc(-c2ccc(N3c4ccc(-c5ccccc5)cc4B4c5c(cc(N(c6ccccc6)c6ccccc6)cc53)-c3cc(C56C7CCC5CC6C7)cc5c6cc(C78CC9CC%10CC(C7)C%109C8)ccc6n4c35)cc2)cc1. The van der Waals surface area contributed by atoms with Crippen molar-refractivity contribution >= 4 is 73.7 Å². The van der Waals surface area contributed by atoms with E-state index < -0.39 is 0 Å². The van der Waals surface area contributed by atoms with Crippen LogP contribution in [0.4, 0.5) is 34.1 Å². The summed E-state index contributed by atoms with van der Waals surface area (Å²) in [6.07, 6.45) is 12.9. The Morgan fingerprint density at radius 1 is 0.447 bits per heavy atom. The lowest BCUT2D eigenvalue weighted by Crippen LogP contribution is -2.62. The first-order valence-corrected chi connectivity index (χ1v) is 28.9. The van der Waals surface area contributed by atoms with Crippen LogP contribution in [-0.4, -0.2) is 11.3 Å². The summed E-state index contributed by atoms with van der Waals surface area (Å²) in [5.74, 6) is 5.34. The third-order valence-electron chi connectivity index (χ3n) is 22.8. The van der Waals surface area contributed by atoms with Crippen molar-refractivity contribution < 1.29 is 0 Å².